The number of halogens is 1. The summed E-state index contributed by atoms with van der Waals surface area (Å²) in [7, 11) is 0. The number of anilines is 1. The summed E-state index contributed by atoms with van der Waals surface area (Å²) < 4.78 is 13.8. The Labute approximate surface area is 230 Å². The molecular weight excluding hydrogens is 595 g/mol. The van der Waals surface area contributed by atoms with Crippen molar-refractivity contribution in [3.63, 3.8) is 0 Å². The van der Waals surface area contributed by atoms with Gasteiger partial charge in [-0.3, -0.25) is 9.59 Å². The number of carbonyl (C=O) groups is 2. The Morgan fingerprint density at radius 3 is 2.43 bits per heavy atom. The summed E-state index contributed by atoms with van der Waals surface area (Å²) >= 11 is 3.43. The van der Waals surface area contributed by atoms with Crippen molar-refractivity contribution in [1.82, 2.24) is 0 Å². The van der Waals surface area contributed by atoms with Crippen LogP contribution in [0.5, 0.6) is 0 Å². The SMILES string of the molecule is CC(=O)OCCN1/C(=C/C(C)=C/c2sc3ccccc3[n+]2CCOC(C)=O)Sc2ccccc21.[I-]. The molecule has 9 heteroatoms. The molecule has 1 aliphatic heterocycles. The Morgan fingerprint density at radius 1 is 0.971 bits per heavy atom. The van der Waals surface area contributed by atoms with E-state index in [9.17, 15) is 9.59 Å². The van der Waals surface area contributed by atoms with E-state index in [1.165, 1.54) is 23.4 Å². The van der Waals surface area contributed by atoms with E-state index < -0.39 is 0 Å². The van der Waals surface area contributed by atoms with Crippen molar-refractivity contribution in [2.24, 2.45) is 0 Å². The highest BCUT2D eigenvalue weighted by atomic mass is 127. The number of carbonyl (C=O) groups excluding carboxylic acids is 2. The molecule has 35 heavy (non-hydrogen) atoms. The van der Waals surface area contributed by atoms with E-state index in [4.69, 9.17) is 9.47 Å². The van der Waals surface area contributed by atoms with Crippen LogP contribution in [0.2, 0.25) is 0 Å². The van der Waals surface area contributed by atoms with E-state index in [2.05, 4.69) is 52.8 Å². The number of thiazole rings is 1. The van der Waals surface area contributed by atoms with Gasteiger partial charge in [-0.1, -0.05) is 47.4 Å². The molecule has 6 nitrogen and oxygen atoms in total. The monoisotopic (exact) mass is 622 g/mol. The predicted octanol–water partition coefficient (Wildman–Crippen LogP) is 2.18. The molecule has 1 aliphatic rings. The fourth-order valence-electron chi connectivity index (χ4n) is 3.77. The summed E-state index contributed by atoms with van der Waals surface area (Å²) in [4.78, 5) is 25.9. The van der Waals surface area contributed by atoms with Gasteiger partial charge in [0.1, 0.15) is 11.3 Å². The fourth-order valence-corrected chi connectivity index (χ4v) is 6.17. The molecule has 3 aromatic rings. The molecule has 0 amide bonds. The highest BCUT2D eigenvalue weighted by Gasteiger charge is 2.25. The highest BCUT2D eigenvalue weighted by Crippen LogP contribution is 2.46. The molecule has 4 rings (SSSR count). The third-order valence-corrected chi connectivity index (χ3v) is 7.44. The van der Waals surface area contributed by atoms with Gasteiger partial charge in [0.05, 0.1) is 17.3 Å². The Hall–Kier alpha value is -2.37. The van der Waals surface area contributed by atoms with Crippen LogP contribution >= 0.6 is 23.1 Å². The number of hydrogen-bond donors (Lipinski definition) is 0. The number of thioether (sulfide) groups is 1. The van der Waals surface area contributed by atoms with Gasteiger partial charge < -0.3 is 38.4 Å². The molecular formula is C26H27IN2O4S2. The minimum atomic E-state index is -0.273. The number of benzene rings is 2. The molecule has 184 valence electrons. The zero-order valence-corrected chi connectivity index (χ0v) is 23.6. The van der Waals surface area contributed by atoms with Crippen molar-refractivity contribution in [2.45, 2.75) is 32.2 Å². The maximum Gasteiger partial charge on any atom is 0.302 e. The first-order chi connectivity index (χ1) is 16.4. The summed E-state index contributed by atoms with van der Waals surface area (Å²) in [6.45, 7) is 6.78. The summed E-state index contributed by atoms with van der Waals surface area (Å²) in [5.74, 6) is -0.547. The summed E-state index contributed by atoms with van der Waals surface area (Å²) in [5.41, 5.74) is 3.34. The third kappa shape index (κ3) is 6.86. The van der Waals surface area contributed by atoms with E-state index in [1.807, 2.05) is 24.3 Å². The van der Waals surface area contributed by atoms with E-state index in [1.54, 1.807) is 23.1 Å². The zero-order valence-electron chi connectivity index (χ0n) is 19.8. The Kier molecular flexibility index (Phi) is 9.76. The average Bonchev–Trinajstić information content (AvgIpc) is 3.31. The number of hydrogen-bond acceptors (Lipinski definition) is 7. The quantitative estimate of drug-likeness (QED) is 0.218. The molecule has 0 unspecified atom stereocenters. The van der Waals surface area contributed by atoms with Crippen LogP contribution in [0, 0.1) is 0 Å². The van der Waals surface area contributed by atoms with E-state index >= 15 is 0 Å². The zero-order chi connectivity index (χ0) is 24.1. The maximum atomic E-state index is 11.2. The fraction of sp³-hybridized carbons (Fsp3) is 0.269. The lowest BCUT2D eigenvalue weighted by Gasteiger charge is -2.20. The Bertz CT molecular complexity index is 1290. The smallest absolute Gasteiger partial charge is 0.302 e. The van der Waals surface area contributed by atoms with Crippen LogP contribution in [0.25, 0.3) is 16.3 Å². The highest BCUT2D eigenvalue weighted by molar-refractivity contribution is 8.03. The molecule has 0 atom stereocenters. The molecule has 0 saturated heterocycles. The van der Waals surface area contributed by atoms with Crippen LogP contribution < -0.4 is 33.4 Å². The van der Waals surface area contributed by atoms with E-state index in [0.717, 1.165) is 26.8 Å². The number of aromatic nitrogens is 1. The lowest BCUT2D eigenvalue weighted by molar-refractivity contribution is -0.669. The first-order valence-corrected chi connectivity index (χ1v) is 12.7. The van der Waals surface area contributed by atoms with Gasteiger partial charge in [-0.05, 0) is 36.8 Å². The van der Waals surface area contributed by atoms with Gasteiger partial charge in [0, 0.05) is 30.9 Å². The lowest BCUT2D eigenvalue weighted by atomic mass is 10.2. The van der Waals surface area contributed by atoms with Crippen molar-refractivity contribution >= 4 is 57.0 Å². The van der Waals surface area contributed by atoms with Crippen molar-refractivity contribution in [3.8, 4) is 0 Å². The van der Waals surface area contributed by atoms with Crippen LogP contribution in [-0.2, 0) is 25.6 Å². The van der Waals surface area contributed by atoms with Gasteiger partial charge in [0.15, 0.2) is 13.2 Å². The van der Waals surface area contributed by atoms with Crippen molar-refractivity contribution in [3.05, 3.63) is 70.2 Å². The van der Waals surface area contributed by atoms with Crippen LogP contribution in [0.4, 0.5) is 5.69 Å². The molecule has 0 spiro atoms. The lowest BCUT2D eigenvalue weighted by Crippen LogP contribution is -3.00. The number of ether oxygens (including phenoxy) is 2. The molecule has 2 heterocycles. The molecule has 0 fully saturated rings. The van der Waals surface area contributed by atoms with Crippen molar-refractivity contribution in [1.29, 1.82) is 0 Å². The van der Waals surface area contributed by atoms with Gasteiger partial charge >= 0.3 is 11.9 Å². The average molecular weight is 623 g/mol. The normalized spacial score (nSPS) is 14.1. The summed E-state index contributed by atoms with van der Waals surface area (Å²) in [5, 5.41) is 2.18. The van der Waals surface area contributed by atoms with Crippen molar-refractivity contribution in [2.75, 3.05) is 24.7 Å². The largest absolute Gasteiger partial charge is 1.00 e. The number of allylic oxidation sites excluding steroid dienone is 2. The second-order valence-electron chi connectivity index (χ2n) is 7.83. The Morgan fingerprint density at radius 2 is 1.66 bits per heavy atom. The van der Waals surface area contributed by atoms with Crippen LogP contribution in [0.15, 0.2) is 70.1 Å². The van der Waals surface area contributed by atoms with Gasteiger partial charge in [-0.15, -0.1) is 0 Å². The first kappa shape index (κ1) is 27.2. The molecule has 0 saturated carbocycles. The second kappa shape index (κ2) is 12.5. The molecule has 0 radical (unpaired) electrons. The Balaban J connectivity index is 0.00000342. The minimum Gasteiger partial charge on any atom is -1.00 e. The van der Waals surface area contributed by atoms with E-state index in [-0.39, 0.29) is 35.9 Å². The standard InChI is InChI=1S/C26H27N2O4S2.HI/c1-18(16-25-27(12-14-31-19(2)29)21-8-4-6-10-23(21)33-25)17-26-28(13-15-32-20(3)30)22-9-5-7-11-24(22)34-26;/h4-11,16-17H,12-15H2,1-3H3;1H/q+1;/p-1. The number of nitrogens with zero attached hydrogens (tertiary/aromatic N) is 2. The van der Waals surface area contributed by atoms with Gasteiger partial charge in [-0.2, -0.15) is 4.57 Å². The molecule has 0 N–H and O–H groups in total. The van der Waals surface area contributed by atoms with Gasteiger partial charge in [0.2, 0.25) is 5.52 Å². The van der Waals surface area contributed by atoms with Crippen LogP contribution in [0.3, 0.4) is 0 Å². The van der Waals surface area contributed by atoms with Crippen LogP contribution in [-0.4, -0.2) is 31.7 Å². The first-order valence-electron chi connectivity index (χ1n) is 11.0. The predicted molar refractivity (Wildman–Crippen MR) is 137 cm³/mol. The number of esters is 2. The van der Waals surface area contributed by atoms with Gasteiger partial charge in [0.25, 0.3) is 5.01 Å². The second-order valence-corrected chi connectivity index (χ2v) is 9.96. The molecule has 1 aromatic heterocycles. The minimum absolute atomic E-state index is 0. The molecule has 0 aliphatic carbocycles. The molecule has 2 aromatic carbocycles. The number of rotatable bonds is 8. The third-order valence-electron chi connectivity index (χ3n) is 5.22. The summed E-state index contributed by atoms with van der Waals surface area (Å²) in [6.07, 6.45) is 4.33. The topological polar surface area (TPSA) is 59.7 Å². The van der Waals surface area contributed by atoms with Crippen LogP contribution in [0.1, 0.15) is 25.8 Å². The molecule has 0 bridgehead atoms. The van der Waals surface area contributed by atoms with Crippen molar-refractivity contribution < 1.29 is 47.6 Å². The number of fused-ring (bicyclic) bond motifs is 2. The van der Waals surface area contributed by atoms with E-state index in [0.29, 0.717) is 26.3 Å². The number of para-hydroxylation sites is 2. The summed E-state index contributed by atoms with van der Waals surface area (Å²) in [6, 6.07) is 16.5. The van der Waals surface area contributed by atoms with Gasteiger partial charge in [-0.25, -0.2) is 0 Å². The maximum absolute atomic E-state index is 11.2.